The van der Waals surface area contributed by atoms with Crippen molar-refractivity contribution < 1.29 is 4.74 Å². The zero-order valence-corrected chi connectivity index (χ0v) is 9.52. The molecule has 0 saturated heterocycles. The summed E-state index contributed by atoms with van der Waals surface area (Å²) in [7, 11) is 1.72. The predicted molar refractivity (Wildman–Crippen MR) is 61.6 cm³/mol. The average Bonchev–Trinajstić information content (AvgIpc) is 2.27. The highest BCUT2D eigenvalue weighted by Crippen LogP contribution is 2.11. The van der Waals surface area contributed by atoms with E-state index in [4.69, 9.17) is 10.5 Å². The van der Waals surface area contributed by atoms with Crippen LogP contribution in [0.3, 0.4) is 0 Å². The molecule has 0 aliphatic rings. The Hall–Kier alpha value is -0.930. The van der Waals surface area contributed by atoms with Crippen molar-refractivity contribution in [3.05, 3.63) is 30.1 Å². The van der Waals surface area contributed by atoms with Gasteiger partial charge in [0.05, 0.1) is 0 Å². The monoisotopic (exact) mass is 208 g/mol. The molecular formula is C12H20N2O. The van der Waals surface area contributed by atoms with E-state index < -0.39 is 0 Å². The summed E-state index contributed by atoms with van der Waals surface area (Å²) in [6.45, 7) is 2.95. The van der Waals surface area contributed by atoms with E-state index >= 15 is 0 Å². The maximum Gasteiger partial charge on any atom is 0.0465 e. The van der Waals surface area contributed by atoms with Gasteiger partial charge in [-0.2, -0.15) is 0 Å². The molecule has 1 rings (SSSR count). The molecule has 1 aromatic heterocycles. The zero-order valence-electron chi connectivity index (χ0n) is 9.52. The Morgan fingerprint density at radius 2 is 2.07 bits per heavy atom. The van der Waals surface area contributed by atoms with Gasteiger partial charge in [-0.05, 0) is 36.5 Å². The first-order valence-electron chi connectivity index (χ1n) is 5.37. The van der Waals surface area contributed by atoms with E-state index in [9.17, 15) is 0 Å². The van der Waals surface area contributed by atoms with Gasteiger partial charge in [0, 0.05) is 32.2 Å². The van der Waals surface area contributed by atoms with Gasteiger partial charge >= 0.3 is 0 Å². The molecule has 1 aromatic rings. The van der Waals surface area contributed by atoms with E-state index in [1.807, 2.05) is 24.5 Å². The SMILES string of the molecule is COCCC(C)C(N)Cc1ccncc1. The number of rotatable bonds is 6. The molecule has 0 radical (unpaired) electrons. The number of ether oxygens (including phenoxy) is 1. The third kappa shape index (κ3) is 4.40. The molecule has 0 bridgehead atoms. The van der Waals surface area contributed by atoms with Crippen LogP contribution in [-0.4, -0.2) is 24.7 Å². The lowest BCUT2D eigenvalue weighted by atomic mass is 9.94. The first-order valence-corrected chi connectivity index (χ1v) is 5.37. The summed E-state index contributed by atoms with van der Waals surface area (Å²) in [4.78, 5) is 3.99. The van der Waals surface area contributed by atoms with Gasteiger partial charge in [-0.15, -0.1) is 0 Å². The van der Waals surface area contributed by atoms with E-state index in [0.29, 0.717) is 5.92 Å². The second-order valence-electron chi connectivity index (χ2n) is 3.98. The Balaban J connectivity index is 2.38. The van der Waals surface area contributed by atoms with E-state index in [-0.39, 0.29) is 6.04 Å². The Labute approximate surface area is 91.7 Å². The molecule has 2 N–H and O–H groups in total. The quantitative estimate of drug-likeness (QED) is 0.773. The lowest BCUT2D eigenvalue weighted by molar-refractivity contribution is 0.174. The summed E-state index contributed by atoms with van der Waals surface area (Å²) < 4.78 is 5.05. The van der Waals surface area contributed by atoms with E-state index in [1.165, 1.54) is 5.56 Å². The lowest BCUT2D eigenvalue weighted by Crippen LogP contribution is -2.31. The zero-order chi connectivity index (χ0) is 11.1. The summed E-state index contributed by atoms with van der Waals surface area (Å²) in [5.41, 5.74) is 7.37. The van der Waals surface area contributed by atoms with Gasteiger partial charge in [0.15, 0.2) is 0 Å². The molecule has 3 nitrogen and oxygen atoms in total. The molecule has 0 fully saturated rings. The normalized spacial score (nSPS) is 14.9. The van der Waals surface area contributed by atoms with Gasteiger partial charge in [-0.25, -0.2) is 0 Å². The highest BCUT2D eigenvalue weighted by molar-refractivity contribution is 5.11. The third-order valence-corrected chi connectivity index (χ3v) is 2.73. The first-order chi connectivity index (χ1) is 7.24. The van der Waals surface area contributed by atoms with Crippen molar-refractivity contribution in [2.24, 2.45) is 11.7 Å². The molecule has 0 amide bonds. The van der Waals surface area contributed by atoms with E-state index in [0.717, 1.165) is 19.4 Å². The van der Waals surface area contributed by atoms with Gasteiger partial charge < -0.3 is 10.5 Å². The van der Waals surface area contributed by atoms with Crippen molar-refractivity contribution in [1.82, 2.24) is 4.98 Å². The second-order valence-corrected chi connectivity index (χ2v) is 3.98. The van der Waals surface area contributed by atoms with Crippen LogP contribution in [0, 0.1) is 5.92 Å². The Morgan fingerprint density at radius 1 is 1.40 bits per heavy atom. The average molecular weight is 208 g/mol. The maximum atomic E-state index is 6.11. The molecule has 0 aromatic carbocycles. The van der Waals surface area contributed by atoms with Crippen LogP contribution in [-0.2, 0) is 11.2 Å². The first kappa shape index (κ1) is 12.1. The van der Waals surface area contributed by atoms with E-state index in [2.05, 4.69) is 11.9 Å². The van der Waals surface area contributed by atoms with Crippen LogP contribution < -0.4 is 5.73 Å². The fourth-order valence-corrected chi connectivity index (χ4v) is 1.51. The second kappa shape index (κ2) is 6.53. The van der Waals surface area contributed by atoms with Crippen molar-refractivity contribution >= 4 is 0 Å². The number of hydrogen-bond acceptors (Lipinski definition) is 3. The highest BCUT2D eigenvalue weighted by atomic mass is 16.5. The van der Waals surface area contributed by atoms with Crippen LogP contribution in [0.25, 0.3) is 0 Å². The van der Waals surface area contributed by atoms with Crippen LogP contribution in [0.15, 0.2) is 24.5 Å². The Morgan fingerprint density at radius 3 is 2.67 bits per heavy atom. The van der Waals surface area contributed by atoms with Gasteiger partial charge in [0.1, 0.15) is 0 Å². The van der Waals surface area contributed by atoms with Crippen LogP contribution >= 0.6 is 0 Å². The lowest BCUT2D eigenvalue weighted by Gasteiger charge is -2.19. The van der Waals surface area contributed by atoms with Crippen LogP contribution in [0.5, 0.6) is 0 Å². The van der Waals surface area contributed by atoms with Crippen LogP contribution in [0.1, 0.15) is 18.9 Å². The molecule has 0 aliphatic heterocycles. The van der Waals surface area contributed by atoms with Gasteiger partial charge in [-0.3, -0.25) is 4.98 Å². The number of methoxy groups -OCH3 is 1. The molecule has 0 spiro atoms. The minimum Gasteiger partial charge on any atom is -0.385 e. The fraction of sp³-hybridized carbons (Fsp3) is 0.583. The molecule has 15 heavy (non-hydrogen) atoms. The molecular weight excluding hydrogens is 188 g/mol. The Bertz CT molecular complexity index is 264. The van der Waals surface area contributed by atoms with Crippen molar-refractivity contribution in [1.29, 1.82) is 0 Å². The van der Waals surface area contributed by atoms with Crippen molar-refractivity contribution in [2.45, 2.75) is 25.8 Å². The van der Waals surface area contributed by atoms with Crippen molar-refractivity contribution in [3.8, 4) is 0 Å². The van der Waals surface area contributed by atoms with Gasteiger partial charge in [0.2, 0.25) is 0 Å². The molecule has 0 aliphatic carbocycles. The van der Waals surface area contributed by atoms with Crippen molar-refractivity contribution in [2.75, 3.05) is 13.7 Å². The minimum absolute atomic E-state index is 0.197. The topological polar surface area (TPSA) is 48.1 Å². The van der Waals surface area contributed by atoms with Crippen LogP contribution in [0.2, 0.25) is 0 Å². The molecule has 2 atom stereocenters. The van der Waals surface area contributed by atoms with E-state index in [1.54, 1.807) is 7.11 Å². The highest BCUT2D eigenvalue weighted by Gasteiger charge is 2.12. The fourth-order valence-electron chi connectivity index (χ4n) is 1.51. The Kier molecular flexibility index (Phi) is 5.29. The molecule has 2 unspecified atom stereocenters. The summed E-state index contributed by atoms with van der Waals surface area (Å²) in [6.07, 6.45) is 5.54. The molecule has 3 heteroatoms. The number of pyridine rings is 1. The smallest absolute Gasteiger partial charge is 0.0465 e. The van der Waals surface area contributed by atoms with Crippen molar-refractivity contribution in [3.63, 3.8) is 0 Å². The molecule has 1 heterocycles. The molecule has 84 valence electrons. The van der Waals surface area contributed by atoms with Gasteiger partial charge in [0.25, 0.3) is 0 Å². The standard InChI is InChI=1S/C12H20N2O/c1-10(5-8-15-2)12(13)9-11-3-6-14-7-4-11/h3-4,6-7,10,12H,5,8-9,13H2,1-2H3. The summed E-state index contributed by atoms with van der Waals surface area (Å²) in [5, 5.41) is 0. The summed E-state index contributed by atoms with van der Waals surface area (Å²) in [6, 6.07) is 4.23. The van der Waals surface area contributed by atoms with Gasteiger partial charge in [-0.1, -0.05) is 6.92 Å². The summed E-state index contributed by atoms with van der Waals surface area (Å²) in [5.74, 6) is 0.484. The predicted octanol–water partition coefficient (Wildman–Crippen LogP) is 1.62. The number of nitrogens with two attached hydrogens (primary N) is 1. The maximum absolute atomic E-state index is 6.11. The minimum atomic E-state index is 0.197. The largest absolute Gasteiger partial charge is 0.385 e. The molecule has 0 saturated carbocycles. The van der Waals surface area contributed by atoms with Crippen LogP contribution in [0.4, 0.5) is 0 Å². The number of aromatic nitrogens is 1. The third-order valence-electron chi connectivity index (χ3n) is 2.73. The summed E-state index contributed by atoms with van der Waals surface area (Å²) >= 11 is 0. The number of nitrogens with zero attached hydrogens (tertiary/aromatic N) is 1. The number of hydrogen-bond donors (Lipinski definition) is 1.